The fourth-order valence-electron chi connectivity index (χ4n) is 1.68. The number of hydrogen-bond donors (Lipinski definition) is 1. The number of carbonyl (C=O) groups excluding carboxylic acids is 1. The largest absolute Gasteiger partial charge is 0.455 e. The summed E-state index contributed by atoms with van der Waals surface area (Å²) in [6.45, 7) is 3.81. The normalized spacial score (nSPS) is 10.9. The van der Waals surface area contributed by atoms with Crippen molar-refractivity contribution in [3.63, 3.8) is 0 Å². The van der Waals surface area contributed by atoms with Crippen molar-refractivity contribution in [1.29, 1.82) is 0 Å². The van der Waals surface area contributed by atoms with Gasteiger partial charge in [0, 0.05) is 18.3 Å². The Morgan fingerprint density at radius 2 is 2.10 bits per heavy atom. The minimum Gasteiger partial charge on any atom is -0.455 e. The first-order valence-corrected chi connectivity index (χ1v) is 6.34. The highest BCUT2D eigenvalue weighted by molar-refractivity contribution is 5.90. The Hall–Kier alpha value is -2.44. The number of nitrogens with zero attached hydrogens (tertiary/aromatic N) is 2. The van der Waals surface area contributed by atoms with Crippen molar-refractivity contribution in [3.05, 3.63) is 47.3 Å². The van der Waals surface area contributed by atoms with Gasteiger partial charge in [0.1, 0.15) is 18.2 Å². The smallest absolute Gasteiger partial charge is 0.341 e. The number of ether oxygens (including phenoxy) is 1. The maximum Gasteiger partial charge on any atom is 0.341 e. The molecule has 1 aromatic carbocycles. The van der Waals surface area contributed by atoms with E-state index in [1.165, 1.54) is 0 Å². The van der Waals surface area contributed by atoms with E-state index in [2.05, 4.69) is 5.10 Å². The summed E-state index contributed by atoms with van der Waals surface area (Å²) in [5.74, 6) is -2.85. The van der Waals surface area contributed by atoms with E-state index in [0.29, 0.717) is 11.8 Å². The van der Waals surface area contributed by atoms with Gasteiger partial charge in [0.15, 0.2) is 0 Å². The summed E-state index contributed by atoms with van der Waals surface area (Å²) in [7, 11) is 0. The number of aromatic nitrogens is 2. The second-order valence-corrected chi connectivity index (χ2v) is 4.81. The molecule has 2 N–H and O–H groups in total. The lowest BCUT2D eigenvalue weighted by atomic mass is 10.2. The minimum atomic E-state index is -1.01. The number of nitrogen functional groups attached to an aromatic ring is 1. The molecule has 1 aromatic heterocycles. The van der Waals surface area contributed by atoms with Crippen molar-refractivity contribution in [3.8, 4) is 0 Å². The average Bonchev–Trinajstić information content (AvgIpc) is 2.89. The van der Waals surface area contributed by atoms with E-state index in [-0.39, 0.29) is 18.3 Å². The fourth-order valence-corrected chi connectivity index (χ4v) is 1.68. The lowest BCUT2D eigenvalue weighted by Crippen LogP contribution is -2.10. The summed E-state index contributed by atoms with van der Waals surface area (Å²) in [6, 6.07) is 3.35. The van der Waals surface area contributed by atoms with E-state index in [4.69, 9.17) is 10.5 Å². The van der Waals surface area contributed by atoms with Crippen LogP contribution < -0.4 is 5.73 Å². The molecular formula is C14H15F2N3O2. The molecule has 112 valence electrons. The summed E-state index contributed by atoms with van der Waals surface area (Å²) in [6.07, 6.45) is 1.75. The Morgan fingerprint density at radius 3 is 2.71 bits per heavy atom. The Kier molecular flexibility index (Phi) is 4.21. The molecule has 0 spiro atoms. The molecule has 2 rings (SSSR count). The van der Waals surface area contributed by atoms with Crippen molar-refractivity contribution in [2.24, 2.45) is 0 Å². The zero-order chi connectivity index (χ0) is 15.6. The average molecular weight is 295 g/mol. The van der Waals surface area contributed by atoms with Crippen LogP contribution in [0.25, 0.3) is 0 Å². The van der Waals surface area contributed by atoms with Crippen LogP contribution in [-0.4, -0.2) is 15.7 Å². The molecule has 0 radical (unpaired) electrons. The molecule has 0 aliphatic rings. The van der Waals surface area contributed by atoms with Gasteiger partial charge in [-0.25, -0.2) is 13.6 Å². The molecule has 0 fully saturated rings. The van der Waals surface area contributed by atoms with Crippen molar-refractivity contribution >= 4 is 11.7 Å². The van der Waals surface area contributed by atoms with Gasteiger partial charge in [0.25, 0.3) is 0 Å². The minimum absolute atomic E-state index is 0.102. The van der Waals surface area contributed by atoms with E-state index in [1.807, 2.05) is 13.8 Å². The van der Waals surface area contributed by atoms with Gasteiger partial charge in [-0.1, -0.05) is 0 Å². The predicted molar refractivity (Wildman–Crippen MR) is 72.5 cm³/mol. The SMILES string of the molecule is CC(C)n1ccc(COC(=O)c2cc(N)c(F)cc2F)n1. The highest BCUT2D eigenvalue weighted by Gasteiger charge is 2.17. The zero-order valence-electron chi connectivity index (χ0n) is 11.6. The van der Waals surface area contributed by atoms with Gasteiger partial charge < -0.3 is 10.5 Å². The van der Waals surface area contributed by atoms with E-state index >= 15 is 0 Å². The summed E-state index contributed by atoms with van der Waals surface area (Å²) < 4.78 is 33.2. The second kappa shape index (κ2) is 5.90. The van der Waals surface area contributed by atoms with Crippen LogP contribution in [0, 0.1) is 11.6 Å². The van der Waals surface area contributed by atoms with Gasteiger partial charge in [0.2, 0.25) is 0 Å². The number of esters is 1. The molecule has 0 amide bonds. The van der Waals surface area contributed by atoms with Crippen LogP contribution >= 0.6 is 0 Å². The summed E-state index contributed by atoms with van der Waals surface area (Å²) in [5.41, 5.74) is 5.12. The molecule has 0 aliphatic carbocycles. The number of benzene rings is 1. The predicted octanol–water partition coefficient (Wildman–Crippen LogP) is 2.68. The third kappa shape index (κ3) is 3.36. The maximum absolute atomic E-state index is 13.5. The van der Waals surface area contributed by atoms with Crippen LogP contribution in [0.5, 0.6) is 0 Å². The van der Waals surface area contributed by atoms with Gasteiger partial charge >= 0.3 is 5.97 Å². The monoisotopic (exact) mass is 295 g/mol. The summed E-state index contributed by atoms with van der Waals surface area (Å²) >= 11 is 0. The topological polar surface area (TPSA) is 70.1 Å². The number of hydrogen-bond acceptors (Lipinski definition) is 4. The van der Waals surface area contributed by atoms with Crippen LogP contribution in [0.2, 0.25) is 0 Å². The van der Waals surface area contributed by atoms with Gasteiger partial charge in [-0.05, 0) is 26.0 Å². The third-order valence-electron chi connectivity index (χ3n) is 2.85. The first-order chi connectivity index (χ1) is 9.88. The molecule has 0 bridgehead atoms. The molecule has 2 aromatic rings. The Balaban J connectivity index is 2.06. The van der Waals surface area contributed by atoms with Crippen molar-refractivity contribution in [1.82, 2.24) is 9.78 Å². The van der Waals surface area contributed by atoms with Gasteiger partial charge in [0.05, 0.1) is 16.9 Å². The summed E-state index contributed by atoms with van der Waals surface area (Å²) in [5, 5.41) is 4.19. The van der Waals surface area contributed by atoms with Crippen LogP contribution in [0.4, 0.5) is 14.5 Å². The van der Waals surface area contributed by atoms with Gasteiger partial charge in [-0.2, -0.15) is 5.10 Å². The molecule has 0 atom stereocenters. The van der Waals surface area contributed by atoms with Crippen LogP contribution in [0.3, 0.4) is 0 Å². The molecule has 21 heavy (non-hydrogen) atoms. The molecule has 7 heteroatoms. The summed E-state index contributed by atoms with van der Waals surface area (Å²) in [4.78, 5) is 11.8. The van der Waals surface area contributed by atoms with Crippen LogP contribution in [0.1, 0.15) is 35.9 Å². The Labute approximate surface area is 120 Å². The highest BCUT2D eigenvalue weighted by Crippen LogP contribution is 2.18. The Bertz CT molecular complexity index is 668. The standard InChI is InChI=1S/C14H15F2N3O2/c1-8(2)19-4-3-9(18-19)7-21-14(20)10-5-13(17)12(16)6-11(10)15/h3-6,8H,7,17H2,1-2H3. The zero-order valence-corrected chi connectivity index (χ0v) is 11.6. The first kappa shape index (κ1) is 15.0. The van der Waals surface area contributed by atoms with Crippen LogP contribution in [0.15, 0.2) is 24.4 Å². The van der Waals surface area contributed by atoms with E-state index in [9.17, 15) is 13.6 Å². The highest BCUT2D eigenvalue weighted by atomic mass is 19.1. The lowest BCUT2D eigenvalue weighted by Gasteiger charge is -2.06. The number of anilines is 1. The number of halogens is 2. The number of rotatable bonds is 4. The third-order valence-corrected chi connectivity index (χ3v) is 2.85. The van der Waals surface area contributed by atoms with Crippen LogP contribution in [-0.2, 0) is 11.3 Å². The first-order valence-electron chi connectivity index (χ1n) is 6.34. The Morgan fingerprint density at radius 1 is 1.38 bits per heavy atom. The maximum atomic E-state index is 13.5. The lowest BCUT2D eigenvalue weighted by molar-refractivity contribution is 0.0461. The molecule has 0 unspecified atom stereocenters. The van der Waals surface area contributed by atoms with Crippen molar-refractivity contribution < 1.29 is 18.3 Å². The number of carbonyl (C=O) groups is 1. The van der Waals surface area contributed by atoms with E-state index in [0.717, 1.165) is 6.07 Å². The van der Waals surface area contributed by atoms with E-state index in [1.54, 1.807) is 16.9 Å². The molecule has 0 aliphatic heterocycles. The van der Waals surface area contributed by atoms with E-state index < -0.39 is 23.2 Å². The molecule has 0 saturated heterocycles. The van der Waals surface area contributed by atoms with Crippen molar-refractivity contribution in [2.45, 2.75) is 26.5 Å². The molecule has 0 saturated carbocycles. The molecular weight excluding hydrogens is 280 g/mol. The van der Waals surface area contributed by atoms with Gasteiger partial charge in [-0.15, -0.1) is 0 Å². The fraction of sp³-hybridized carbons (Fsp3) is 0.286. The van der Waals surface area contributed by atoms with Crippen molar-refractivity contribution in [2.75, 3.05) is 5.73 Å². The molecule has 1 heterocycles. The second-order valence-electron chi connectivity index (χ2n) is 4.81. The molecule has 5 nitrogen and oxygen atoms in total. The van der Waals surface area contributed by atoms with Gasteiger partial charge in [-0.3, -0.25) is 4.68 Å². The quantitative estimate of drug-likeness (QED) is 0.695. The number of nitrogens with two attached hydrogens (primary N) is 1.